The third kappa shape index (κ3) is 3.67. The fourth-order valence-corrected chi connectivity index (χ4v) is 2.94. The largest absolute Gasteiger partial charge is 0.482 e. The predicted octanol–water partition coefficient (Wildman–Crippen LogP) is 5.04. The van der Waals surface area contributed by atoms with Gasteiger partial charge in [-0.1, -0.05) is 23.2 Å². The van der Waals surface area contributed by atoms with Crippen LogP contribution in [0.4, 0.5) is 0 Å². The molecule has 8 heteroatoms. The summed E-state index contributed by atoms with van der Waals surface area (Å²) in [7, 11) is 0. The van der Waals surface area contributed by atoms with Crippen molar-refractivity contribution in [2.45, 2.75) is 13.5 Å². The smallest absolute Gasteiger partial charge is 0.336 e. The molecule has 2 aromatic heterocycles. The molecule has 2 aromatic carbocycles. The van der Waals surface area contributed by atoms with Gasteiger partial charge < -0.3 is 13.6 Å². The molecule has 0 radical (unpaired) electrons. The summed E-state index contributed by atoms with van der Waals surface area (Å²) in [6, 6.07) is 11.7. The van der Waals surface area contributed by atoms with Gasteiger partial charge in [0.05, 0.1) is 5.02 Å². The molecule has 0 N–H and O–H groups in total. The predicted molar refractivity (Wildman–Crippen MR) is 101 cm³/mol. The van der Waals surface area contributed by atoms with E-state index in [2.05, 4.69) is 10.2 Å². The third-order valence-electron chi connectivity index (χ3n) is 3.91. The van der Waals surface area contributed by atoms with Crippen LogP contribution in [0.1, 0.15) is 11.5 Å². The first-order valence-electron chi connectivity index (χ1n) is 7.95. The lowest BCUT2D eigenvalue weighted by molar-refractivity contribution is 0.264. The first-order chi connectivity index (χ1) is 13.0. The number of hydrogen-bond acceptors (Lipinski definition) is 6. The Balaban J connectivity index is 1.56. The molecule has 0 bridgehead atoms. The Labute approximate surface area is 163 Å². The Bertz CT molecular complexity index is 1180. The fraction of sp³-hybridized carbons (Fsp3) is 0.105. The Kier molecular flexibility index (Phi) is 4.59. The number of nitrogens with zero attached hydrogens (tertiary/aromatic N) is 2. The van der Waals surface area contributed by atoms with Gasteiger partial charge in [0.15, 0.2) is 6.61 Å². The molecule has 0 unspecified atom stereocenters. The summed E-state index contributed by atoms with van der Waals surface area (Å²) in [5.41, 5.74) is 1.49. The number of rotatable bonds is 4. The van der Waals surface area contributed by atoms with Gasteiger partial charge in [-0.2, -0.15) is 0 Å². The van der Waals surface area contributed by atoms with Crippen LogP contribution in [0.15, 0.2) is 56.1 Å². The molecule has 0 aliphatic heterocycles. The topological polar surface area (TPSA) is 78.4 Å². The molecule has 2 heterocycles. The van der Waals surface area contributed by atoms with Gasteiger partial charge in [0.1, 0.15) is 11.3 Å². The monoisotopic (exact) mass is 402 g/mol. The molecule has 4 rings (SSSR count). The van der Waals surface area contributed by atoms with E-state index in [1.807, 2.05) is 6.92 Å². The van der Waals surface area contributed by atoms with Crippen molar-refractivity contribution >= 4 is 34.2 Å². The van der Waals surface area contributed by atoms with E-state index in [0.29, 0.717) is 27.3 Å². The van der Waals surface area contributed by atoms with Gasteiger partial charge in [-0.15, -0.1) is 10.2 Å². The van der Waals surface area contributed by atoms with E-state index < -0.39 is 5.63 Å². The van der Waals surface area contributed by atoms with Gasteiger partial charge >= 0.3 is 5.63 Å². The van der Waals surface area contributed by atoms with Crippen molar-refractivity contribution in [3.8, 4) is 17.2 Å². The first-order valence-corrected chi connectivity index (χ1v) is 8.70. The van der Waals surface area contributed by atoms with Crippen molar-refractivity contribution in [3.05, 3.63) is 74.4 Å². The molecule has 136 valence electrons. The molecular weight excluding hydrogens is 391 g/mol. The molecule has 0 saturated heterocycles. The van der Waals surface area contributed by atoms with Gasteiger partial charge in [-0.25, -0.2) is 4.79 Å². The van der Waals surface area contributed by atoms with E-state index in [1.165, 1.54) is 6.07 Å². The second-order valence-electron chi connectivity index (χ2n) is 5.82. The standard InChI is InChI=1S/C19H12Cl2N2O4/c1-10-6-18(24)26-15-8-16(14(21)7-13(10)15)25-9-17-22-23-19(27-17)11-2-4-12(20)5-3-11/h2-8H,9H2,1H3. The van der Waals surface area contributed by atoms with Crippen LogP contribution in [-0.4, -0.2) is 10.2 Å². The summed E-state index contributed by atoms with van der Waals surface area (Å²) in [5, 5.41) is 9.70. The molecular formula is C19H12Cl2N2O4. The van der Waals surface area contributed by atoms with Crippen molar-refractivity contribution in [2.75, 3.05) is 0 Å². The molecule has 0 amide bonds. The van der Waals surface area contributed by atoms with Gasteiger partial charge in [-0.3, -0.25) is 0 Å². The number of halogens is 2. The lowest BCUT2D eigenvalue weighted by atomic mass is 10.1. The number of aryl methyl sites for hydroxylation is 1. The zero-order chi connectivity index (χ0) is 19.0. The highest BCUT2D eigenvalue weighted by atomic mass is 35.5. The second-order valence-corrected chi connectivity index (χ2v) is 6.67. The molecule has 0 saturated carbocycles. The average Bonchev–Trinajstić information content (AvgIpc) is 3.10. The second kappa shape index (κ2) is 7.06. The minimum Gasteiger partial charge on any atom is -0.482 e. The lowest BCUT2D eigenvalue weighted by Gasteiger charge is -2.08. The van der Waals surface area contributed by atoms with Crippen LogP contribution in [-0.2, 0) is 6.61 Å². The van der Waals surface area contributed by atoms with Crippen LogP contribution in [0, 0.1) is 6.92 Å². The SMILES string of the molecule is Cc1cc(=O)oc2cc(OCc3nnc(-c4ccc(Cl)cc4)o3)c(Cl)cc12. The Hall–Kier alpha value is -2.83. The molecule has 0 spiro atoms. The minimum absolute atomic E-state index is 0.0157. The van der Waals surface area contributed by atoms with E-state index >= 15 is 0 Å². The highest BCUT2D eigenvalue weighted by Gasteiger charge is 2.12. The molecule has 27 heavy (non-hydrogen) atoms. The van der Waals surface area contributed by atoms with Crippen LogP contribution in [0.25, 0.3) is 22.4 Å². The zero-order valence-electron chi connectivity index (χ0n) is 14.0. The maximum atomic E-state index is 11.6. The van der Waals surface area contributed by atoms with Gasteiger partial charge in [-0.05, 0) is 42.8 Å². The molecule has 6 nitrogen and oxygen atoms in total. The lowest BCUT2D eigenvalue weighted by Crippen LogP contribution is -2.00. The number of aromatic nitrogens is 2. The van der Waals surface area contributed by atoms with Crippen molar-refractivity contribution < 1.29 is 13.6 Å². The third-order valence-corrected chi connectivity index (χ3v) is 4.46. The van der Waals surface area contributed by atoms with Crippen molar-refractivity contribution in [1.29, 1.82) is 0 Å². The average molecular weight is 403 g/mol. The Morgan fingerprint density at radius 1 is 1.04 bits per heavy atom. The molecule has 0 aliphatic carbocycles. The maximum Gasteiger partial charge on any atom is 0.336 e. The number of hydrogen-bond donors (Lipinski definition) is 0. The van der Waals surface area contributed by atoms with Crippen LogP contribution in [0.3, 0.4) is 0 Å². The molecule has 0 atom stereocenters. The van der Waals surface area contributed by atoms with E-state index in [0.717, 1.165) is 16.5 Å². The number of fused-ring (bicyclic) bond motifs is 1. The van der Waals surface area contributed by atoms with Crippen LogP contribution in [0.2, 0.25) is 10.0 Å². The van der Waals surface area contributed by atoms with Gasteiger partial charge in [0.25, 0.3) is 5.89 Å². The minimum atomic E-state index is -0.433. The Morgan fingerprint density at radius 2 is 1.81 bits per heavy atom. The molecule has 0 fully saturated rings. The quantitative estimate of drug-likeness (QED) is 0.445. The number of ether oxygens (including phenoxy) is 1. The summed E-state index contributed by atoms with van der Waals surface area (Å²) >= 11 is 12.1. The number of benzene rings is 2. The summed E-state index contributed by atoms with van der Waals surface area (Å²) in [5.74, 6) is 0.988. The van der Waals surface area contributed by atoms with Crippen molar-refractivity contribution in [2.24, 2.45) is 0 Å². The highest BCUT2D eigenvalue weighted by molar-refractivity contribution is 6.32. The van der Waals surface area contributed by atoms with Crippen LogP contribution >= 0.6 is 23.2 Å². The fourth-order valence-electron chi connectivity index (χ4n) is 2.59. The Morgan fingerprint density at radius 3 is 2.59 bits per heavy atom. The molecule has 4 aromatic rings. The summed E-state index contributed by atoms with van der Waals surface area (Å²) < 4.78 is 16.5. The first kappa shape index (κ1) is 17.6. The van der Waals surface area contributed by atoms with Gasteiger partial charge in [0.2, 0.25) is 5.89 Å². The highest BCUT2D eigenvalue weighted by Crippen LogP contribution is 2.31. The van der Waals surface area contributed by atoms with Crippen molar-refractivity contribution in [3.63, 3.8) is 0 Å². The van der Waals surface area contributed by atoms with Crippen LogP contribution in [0.5, 0.6) is 5.75 Å². The van der Waals surface area contributed by atoms with Crippen LogP contribution < -0.4 is 10.4 Å². The molecule has 0 aliphatic rings. The maximum absolute atomic E-state index is 11.6. The zero-order valence-corrected chi connectivity index (χ0v) is 15.5. The van der Waals surface area contributed by atoms with E-state index in [4.69, 9.17) is 36.8 Å². The summed E-state index contributed by atoms with van der Waals surface area (Å²) in [6.45, 7) is 1.83. The van der Waals surface area contributed by atoms with E-state index in [-0.39, 0.29) is 12.5 Å². The normalized spacial score (nSPS) is 11.1. The van der Waals surface area contributed by atoms with E-state index in [9.17, 15) is 4.79 Å². The van der Waals surface area contributed by atoms with E-state index in [1.54, 1.807) is 36.4 Å². The summed E-state index contributed by atoms with van der Waals surface area (Å²) in [6.07, 6.45) is 0. The van der Waals surface area contributed by atoms with Crippen molar-refractivity contribution in [1.82, 2.24) is 10.2 Å². The van der Waals surface area contributed by atoms with Gasteiger partial charge in [0, 0.05) is 28.1 Å². The summed E-state index contributed by atoms with van der Waals surface area (Å²) in [4.78, 5) is 11.6.